The molecule has 5 rings (SSSR count). The van der Waals surface area contributed by atoms with Crippen molar-refractivity contribution < 1.29 is 4.74 Å². The highest BCUT2D eigenvalue weighted by Gasteiger charge is 2.32. The predicted molar refractivity (Wildman–Crippen MR) is 119 cm³/mol. The van der Waals surface area contributed by atoms with Crippen molar-refractivity contribution in [3.63, 3.8) is 0 Å². The number of hydrogen-bond donors (Lipinski definition) is 0. The van der Waals surface area contributed by atoms with Crippen LogP contribution in [0.3, 0.4) is 0 Å². The van der Waals surface area contributed by atoms with E-state index >= 15 is 0 Å². The molecule has 1 saturated heterocycles. The van der Waals surface area contributed by atoms with E-state index in [1.807, 2.05) is 0 Å². The van der Waals surface area contributed by atoms with Gasteiger partial charge in [-0.3, -0.25) is 4.90 Å². The van der Waals surface area contributed by atoms with Crippen LogP contribution in [0.5, 0.6) is 5.75 Å². The molecular weight excluding hydrogens is 354 g/mol. The summed E-state index contributed by atoms with van der Waals surface area (Å²) in [5.74, 6) is 2.23. The monoisotopic (exact) mass is 381 g/mol. The zero-order valence-electron chi connectivity index (χ0n) is 16.8. The summed E-state index contributed by atoms with van der Waals surface area (Å²) in [4.78, 5) is 2.61. The second-order valence-electron chi connectivity index (χ2n) is 8.04. The quantitative estimate of drug-likeness (QED) is 0.541. The molecule has 0 spiro atoms. The smallest absolute Gasteiger partial charge is 0.136 e. The number of ether oxygens (including phenoxy) is 1. The van der Waals surface area contributed by atoms with Crippen molar-refractivity contribution in [2.45, 2.75) is 25.2 Å². The second-order valence-corrected chi connectivity index (χ2v) is 8.04. The normalized spacial score (nSPS) is 19.5. The highest BCUT2D eigenvalue weighted by molar-refractivity contribution is 5.72. The van der Waals surface area contributed by atoms with Gasteiger partial charge in [0.05, 0.1) is 0 Å². The maximum Gasteiger partial charge on any atom is 0.136 e. The van der Waals surface area contributed by atoms with Crippen molar-refractivity contribution >= 4 is 5.76 Å². The standard InChI is InChI=1S/C27H27NO/c1-4-12-21(13-5-1)26-23-16-8-9-17-25(23)29-27(22-14-6-2-7-15-22)24(26)20-28-18-10-3-11-19-28/h1-2,4-9,12-17,26H,3,10-11,18-20H2/t26-/m0/s1. The van der Waals surface area contributed by atoms with Gasteiger partial charge in [0.2, 0.25) is 0 Å². The Morgan fingerprint density at radius 1 is 0.724 bits per heavy atom. The third-order valence-electron chi connectivity index (χ3n) is 6.09. The second kappa shape index (κ2) is 8.26. The summed E-state index contributed by atoms with van der Waals surface area (Å²) < 4.78 is 6.58. The van der Waals surface area contributed by atoms with Gasteiger partial charge in [-0.25, -0.2) is 0 Å². The Balaban J connectivity index is 1.67. The maximum absolute atomic E-state index is 6.58. The van der Waals surface area contributed by atoms with Gasteiger partial charge in [0.25, 0.3) is 0 Å². The molecule has 3 aromatic carbocycles. The molecule has 0 N–H and O–H groups in total. The van der Waals surface area contributed by atoms with E-state index in [0.717, 1.165) is 23.6 Å². The molecule has 0 saturated carbocycles. The molecule has 2 nitrogen and oxygen atoms in total. The van der Waals surface area contributed by atoms with Crippen molar-refractivity contribution in [3.8, 4) is 5.75 Å². The van der Waals surface area contributed by atoms with Crippen LogP contribution >= 0.6 is 0 Å². The Morgan fingerprint density at radius 3 is 2.14 bits per heavy atom. The summed E-state index contributed by atoms with van der Waals surface area (Å²) in [6.45, 7) is 3.31. The highest BCUT2D eigenvalue weighted by atomic mass is 16.5. The molecule has 29 heavy (non-hydrogen) atoms. The minimum atomic E-state index is 0.221. The molecule has 3 aromatic rings. The molecule has 0 unspecified atom stereocenters. The van der Waals surface area contributed by atoms with Crippen molar-refractivity contribution in [2.24, 2.45) is 0 Å². The average Bonchev–Trinajstić information content (AvgIpc) is 2.80. The Morgan fingerprint density at radius 2 is 1.38 bits per heavy atom. The molecule has 1 atom stereocenters. The summed E-state index contributed by atoms with van der Waals surface area (Å²) in [7, 11) is 0. The molecule has 146 valence electrons. The summed E-state index contributed by atoms with van der Waals surface area (Å²) in [5, 5.41) is 0. The first-order valence-corrected chi connectivity index (χ1v) is 10.7. The fourth-order valence-electron chi connectivity index (χ4n) is 4.69. The number of fused-ring (bicyclic) bond motifs is 1. The number of para-hydroxylation sites is 1. The van der Waals surface area contributed by atoms with Crippen LogP contribution in [0.25, 0.3) is 5.76 Å². The van der Waals surface area contributed by atoms with Crippen LogP contribution in [0.1, 0.15) is 41.9 Å². The molecule has 2 heterocycles. The van der Waals surface area contributed by atoms with E-state index in [2.05, 4.69) is 89.8 Å². The minimum Gasteiger partial charge on any atom is -0.456 e. The third-order valence-corrected chi connectivity index (χ3v) is 6.09. The number of piperidine rings is 1. The van der Waals surface area contributed by atoms with E-state index in [9.17, 15) is 0 Å². The molecular formula is C27H27NO. The van der Waals surface area contributed by atoms with Crippen LogP contribution < -0.4 is 4.74 Å². The average molecular weight is 382 g/mol. The van der Waals surface area contributed by atoms with E-state index in [4.69, 9.17) is 4.74 Å². The lowest BCUT2D eigenvalue weighted by molar-refractivity contribution is 0.242. The van der Waals surface area contributed by atoms with Crippen LogP contribution in [-0.4, -0.2) is 24.5 Å². The summed E-state index contributed by atoms with van der Waals surface area (Å²) in [6, 6.07) is 30.0. The van der Waals surface area contributed by atoms with Gasteiger partial charge < -0.3 is 4.74 Å². The molecule has 2 heteroatoms. The summed E-state index contributed by atoms with van der Waals surface area (Å²) in [5.41, 5.74) is 5.15. The van der Waals surface area contributed by atoms with Crippen molar-refractivity contribution in [2.75, 3.05) is 19.6 Å². The Bertz CT molecular complexity index is 987. The zero-order valence-corrected chi connectivity index (χ0v) is 16.8. The first kappa shape index (κ1) is 18.2. The first-order valence-electron chi connectivity index (χ1n) is 10.7. The van der Waals surface area contributed by atoms with E-state index in [1.165, 1.54) is 49.1 Å². The Hall–Kier alpha value is -2.84. The largest absolute Gasteiger partial charge is 0.456 e. The predicted octanol–water partition coefficient (Wildman–Crippen LogP) is 6.11. The highest BCUT2D eigenvalue weighted by Crippen LogP contribution is 2.45. The van der Waals surface area contributed by atoms with E-state index in [1.54, 1.807) is 0 Å². The molecule has 0 radical (unpaired) electrons. The lowest BCUT2D eigenvalue weighted by Crippen LogP contribution is -2.34. The van der Waals surface area contributed by atoms with Gasteiger partial charge in [0.1, 0.15) is 11.5 Å². The van der Waals surface area contributed by atoms with Gasteiger partial charge >= 0.3 is 0 Å². The van der Waals surface area contributed by atoms with Crippen LogP contribution in [0.2, 0.25) is 0 Å². The lowest BCUT2D eigenvalue weighted by atomic mass is 9.81. The van der Waals surface area contributed by atoms with E-state index < -0.39 is 0 Å². The van der Waals surface area contributed by atoms with Gasteiger partial charge in [-0.2, -0.15) is 0 Å². The number of rotatable bonds is 4. The van der Waals surface area contributed by atoms with Crippen LogP contribution in [0.4, 0.5) is 0 Å². The molecule has 0 amide bonds. The van der Waals surface area contributed by atoms with Crippen molar-refractivity contribution in [1.82, 2.24) is 4.90 Å². The lowest BCUT2D eigenvalue weighted by Gasteiger charge is -2.35. The SMILES string of the molecule is c1ccc(C2=C(CN3CCCCC3)[C@@H](c3ccccc3)c3ccccc3O2)cc1. The molecule has 2 aliphatic rings. The Labute approximate surface area is 173 Å². The number of benzene rings is 3. The number of nitrogens with zero attached hydrogens (tertiary/aromatic N) is 1. The zero-order chi connectivity index (χ0) is 19.5. The summed E-state index contributed by atoms with van der Waals surface area (Å²) >= 11 is 0. The topological polar surface area (TPSA) is 12.5 Å². The molecule has 1 fully saturated rings. The molecule has 0 aromatic heterocycles. The van der Waals surface area contributed by atoms with E-state index in [0.29, 0.717) is 0 Å². The maximum atomic E-state index is 6.58. The Kier molecular flexibility index (Phi) is 5.19. The first-order chi connectivity index (χ1) is 14.4. The minimum absolute atomic E-state index is 0.221. The van der Waals surface area contributed by atoms with Crippen molar-refractivity contribution in [3.05, 3.63) is 107 Å². The van der Waals surface area contributed by atoms with Crippen LogP contribution in [-0.2, 0) is 0 Å². The summed E-state index contributed by atoms with van der Waals surface area (Å²) in [6.07, 6.45) is 3.94. The van der Waals surface area contributed by atoms with Crippen molar-refractivity contribution in [1.29, 1.82) is 0 Å². The fraction of sp³-hybridized carbons (Fsp3) is 0.259. The number of hydrogen-bond acceptors (Lipinski definition) is 2. The van der Waals surface area contributed by atoms with Crippen LogP contribution in [0, 0.1) is 0 Å². The van der Waals surface area contributed by atoms with E-state index in [-0.39, 0.29) is 5.92 Å². The third kappa shape index (κ3) is 3.73. The van der Waals surface area contributed by atoms with Crippen LogP contribution in [0.15, 0.2) is 90.5 Å². The van der Waals surface area contributed by atoms with Gasteiger partial charge in [-0.05, 0) is 43.1 Å². The fourth-order valence-corrected chi connectivity index (χ4v) is 4.69. The number of likely N-dealkylation sites (tertiary alicyclic amines) is 1. The van der Waals surface area contributed by atoms with Gasteiger partial charge in [-0.1, -0.05) is 85.3 Å². The molecule has 0 bridgehead atoms. The van der Waals surface area contributed by atoms with Gasteiger partial charge in [-0.15, -0.1) is 0 Å². The van der Waals surface area contributed by atoms with Gasteiger partial charge in [0.15, 0.2) is 0 Å². The molecule has 0 aliphatic carbocycles. The van der Waals surface area contributed by atoms with Gasteiger partial charge in [0, 0.05) is 23.6 Å². The molecule has 2 aliphatic heterocycles.